The van der Waals surface area contributed by atoms with Crippen molar-refractivity contribution in [2.45, 2.75) is 32.0 Å². The molecule has 5 aromatic rings. The van der Waals surface area contributed by atoms with Crippen LogP contribution in [0.1, 0.15) is 24.0 Å². The highest BCUT2D eigenvalue weighted by atomic mass is 19.4. The van der Waals surface area contributed by atoms with E-state index in [9.17, 15) is 18.0 Å². The molecule has 1 fully saturated rings. The second-order valence-electron chi connectivity index (χ2n) is 10.7. The summed E-state index contributed by atoms with van der Waals surface area (Å²) in [6.45, 7) is 3.58. The van der Waals surface area contributed by atoms with Crippen LogP contribution in [-0.4, -0.2) is 61.5 Å². The van der Waals surface area contributed by atoms with Gasteiger partial charge in [-0.25, -0.2) is 14.0 Å². The van der Waals surface area contributed by atoms with Gasteiger partial charge in [0.25, 0.3) is 5.95 Å². The minimum Gasteiger partial charge on any atom is -0.399 e. The van der Waals surface area contributed by atoms with E-state index in [-0.39, 0.29) is 12.0 Å². The number of nitrogens with one attached hydrogen (secondary N) is 2. The fourth-order valence-electron chi connectivity index (χ4n) is 5.42. The molecule has 4 N–H and O–H groups in total. The number of nitrogens with zero attached hydrogens (tertiary/aromatic N) is 6. The normalized spacial score (nSPS) is 14.7. The Bertz CT molecular complexity index is 1790. The summed E-state index contributed by atoms with van der Waals surface area (Å²) in [5, 5.41) is 14.6. The summed E-state index contributed by atoms with van der Waals surface area (Å²) in [6.07, 6.45) is 0.498. The molecule has 4 heterocycles. The number of hydrogen-bond donors (Lipinski definition) is 3. The van der Waals surface area contributed by atoms with Gasteiger partial charge >= 0.3 is 12.2 Å². The molecule has 3 aromatic heterocycles. The van der Waals surface area contributed by atoms with E-state index in [1.165, 1.54) is 10.6 Å². The summed E-state index contributed by atoms with van der Waals surface area (Å²) in [5.74, 6) is 0.0299. The molecule has 2 aromatic carbocycles. The highest BCUT2D eigenvalue weighted by Crippen LogP contribution is 2.38. The van der Waals surface area contributed by atoms with Crippen molar-refractivity contribution in [3.63, 3.8) is 0 Å². The number of carbonyl (C=O) groups is 1. The van der Waals surface area contributed by atoms with Crippen molar-refractivity contribution in [1.29, 1.82) is 0 Å². The van der Waals surface area contributed by atoms with Gasteiger partial charge in [0, 0.05) is 29.1 Å². The Kier molecular flexibility index (Phi) is 7.26. The summed E-state index contributed by atoms with van der Waals surface area (Å²) in [6, 6.07) is 13.7. The van der Waals surface area contributed by atoms with Gasteiger partial charge in [0.1, 0.15) is 0 Å². The molecule has 0 unspecified atom stereocenters. The van der Waals surface area contributed by atoms with E-state index in [0.29, 0.717) is 39.3 Å². The largest absolute Gasteiger partial charge is 0.416 e. The number of likely N-dealkylation sites (tertiary alicyclic amines) is 1. The Morgan fingerprint density at radius 2 is 1.81 bits per heavy atom. The minimum atomic E-state index is -4.53. The Hall–Kier alpha value is -4.91. The first-order chi connectivity index (χ1) is 20.6. The molecule has 1 aliphatic heterocycles. The number of benzene rings is 2. The lowest BCUT2D eigenvalue weighted by Crippen LogP contribution is -2.45. The number of hydrogen-bond acceptors (Lipinski definition) is 6. The average molecular weight is 590 g/mol. The van der Waals surface area contributed by atoms with Crippen LogP contribution < -0.4 is 16.4 Å². The van der Waals surface area contributed by atoms with E-state index >= 15 is 0 Å². The van der Waals surface area contributed by atoms with E-state index in [0.717, 1.165) is 43.8 Å². The van der Waals surface area contributed by atoms with Gasteiger partial charge in [-0.3, -0.25) is 5.32 Å². The van der Waals surface area contributed by atoms with Gasteiger partial charge in [-0.2, -0.15) is 23.3 Å². The van der Waals surface area contributed by atoms with Gasteiger partial charge in [0.15, 0.2) is 5.65 Å². The van der Waals surface area contributed by atoms with Gasteiger partial charge in [-0.15, -0.1) is 5.10 Å². The highest BCUT2D eigenvalue weighted by molar-refractivity contribution is 5.90. The standard InChI is InChI=1S/C30H30F3N9O/c1-18-24(25-10-13-35-42(25)23-8-6-21(34)7-9-23)17-41-27(26(18)19-4-3-5-20(16-19)30(31,32)33)37-28(39-41)38-29(43)36-22-11-14-40(2)15-12-22/h3-10,13,16-17,22H,11-12,14-15,34H2,1-2H3,(H2,36,38,39,43). The van der Waals surface area contributed by atoms with Crippen molar-refractivity contribution in [3.8, 4) is 28.1 Å². The average Bonchev–Trinajstić information content (AvgIpc) is 3.61. The first kappa shape index (κ1) is 28.2. The fourth-order valence-corrected chi connectivity index (χ4v) is 5.42. The molecular weight excluding hydrogens is 559 g/mol. The third-order valence-corrected chi connectivity index (χ3v) is 7.70. The minimum absolute atomic E-state index is 0.0244. The van der Waals surface area contributed by atoms with Crippen LogP contribution in [0.3, 0.4) is 0 Å². The number of halogens is 3. The van der Waals surface area contributed by atoms with Crippen molar-refractivity contribution in [2.24, 2.45) is 0 Å². The maximum absolute atomic E-state index is 13.7. The van der Waals surface area contributed by atoms with Crippen molar-refractivity contribution in [2.75, 3.05) is 31.2 Å². The van der Waals surface area contributed by atoms with Crippen molar-refractivity contribution in [3.05, 3.63) is 78.1 Å². The third-order valence-electron chi connectivity index (χ3n) is 7.70. The van der Waals surface area contributed by atoms with Gasteiger partial charge in [0.2, 0.25) is 0 Å². The Labute approximate surface area is 245 Å². The quantitative estimate of drug-likeness (QED) is 0.237. The summed E-state index contributed by atoms with van der Waals surface area (Å²) in [5.41, 5.74) is 9.52. The van der Waals surface area contributed by atoms with Crippen LogP contribution >= 0.6 is 0 Å². The van der Waals surface area contributed by atoms with E-state index in [1.54, 1.807) is 35.3 Å². The lowest BCUT2D eigenvalue weighted by Gasteiger charge is -2.29. The summed E-state index contributed by atoms with van der Waals surface area (Å²) in [4.78, 5) is 19.6. The number of anilines is 2. The molecule has 1 saturated heterocycles. The Balaban J connectivity index is 1.45. The van der Waals surface area contributed by atoms with Crippen molar-refractivity contribution >= 4 is 23.3 Å². The van der Waals surface area contributed by atoms with E-state index in [1.807, 2.05) is 32.2 Å². The SMILES string of the molecule is Cc1c(-c2ccnn2-c2ccc(N)cc2)cn2nc(NC(=O)NC3CCN(C)CC3)nc2c1-c1cccc(C(F)(F)F)c1. The summed E-state index contributed by atoms with van der Waals surface area (Å²) in [7, 11) is 2.04. The number of nitrogen functional groups attached to an aromatic ring is 1. The number of fused-ring (bicyclic) bond motifs is 1. The maximum Gasteiger partial charge on any atom is 0.416 e. The Morgan fingerprint density at radius 1 is 1.07 bits per heavy atom. The molecule has 0 atom stereocenters. The molecule has 0 saturated carbocycles. The number of amides is 2. The number of pyridine rings is 1. The van der Waals surface area contributed by atoms with Gasteiger partial charge in [-0.1, -0.05) is 12.1 Å². The fraction of sp³-hybridized carbons (Fsp3) is 0.267. The van der Waals surface area contributed by atoms with Crippen LogP contribution in [0.2, 0.25) is 0 Å². The molecule has 13 heteroatoms. The third kappa shape index (κ3) is 5.75. The second-order valence-corrected chi connectivity index (χ2v) is 10.7. The zero-order valence-electron chi connectivity index (χ0n) is 23.6. The number of rotatable bonds is 5. The predicted octanol–water partition coefficient (Wildman–Crippen LogP) is 5.37. The first-order valence-electron chi connectivity index (χ1n) is 13.8. The van der Waals surface area contributed by atoms with Crippen LogP contribution in [0.5, 0.6) is 0 Å². The van der Waals surface area contributed by atoms with E-state index < -0.39 is 17.8 Å². The number of piperidine rings is 1. The lowest BCUT2D eigenvalue weighted by molar-refractivity contribution is -0.137. The number of aromatic nitrogens is 5. The molecule has 43 heavy (non-hydrogen) atoms. The number of urea groups is 1. The monoisotopic (exact) mass is 589 g/mol. The molecule has 222 valence electrons. The molecule has 6 rings (SSSR count). The molecular formula is C30H30F3N9O. The molecule has 0 bridgehead atoms. The molecule has 2 amide bonds. The van der Waals surface area contributed by atoms with Crippen molar-refractivity contribution < 1.29 is 18.0 Å². The molecule has 0 spiro atoms. The smallest absolute Gasteiger partial charge is 0.399 e. The topological polar surface area (TPSA) is 118 Å². The predicted molar refractivity (Wildman–Crippen MR) is 158 cm³/mol. The number of carbonyl (C=O) groups excluding carboxylic acids is 1. The first-order valence-corrected chi connectivity index (χ1v) is 13.8. The van der Waals surface area contributed by atoms with Gasteiger partial charge in [-0.05, 0) is 93.5 Å². The summed E-state index contributed by atoms with van der Waals surface area (Å²) < 4.78 is 44.4. The van der Waals surface area contributed by atoms with Crippen molar-refractivity contribution in [1.82, 2.24) is 34.6 Å². The zero-order chi connectivity index (χ0) is 30.3. The molecule has 1 aliphatic rings. The van der Waals surface area contributed by atoms with E-state index in [2.05, 4.69) is 30.7 Å². The molecule has 10 nitrogen and oxygen atoms in total. The maximum atomic E-state index is 13.7. The highest BCUT2D eigenvalue weighted by Gasteiger charge is 2.31. The van der Waals surface area contributed by atoms with E-state index in [4.69, 9.17) is 5.73 Å². The van der Waals surface area contributed by atoms with Crippen LogP contribution in [0, 0.1) is 6.92 Å². The van der Waals surface area contributed by atoms with Crippen LogP contribution in [0.4, 0.5) is 29.6 Å². The number of alkyl halides is 3. The van der Waals surface area contributed by atoms with Gasteiger partial charge < -0.3 is 16.0 Å². The van der Waals surface area contributed by atoms with Gasteiger partial charge in [0.05, 0.1) is 23.1 Å². The molecule has 0 radical (unpaired) electrons. The number of nitrogens with two attached hydrogens (primary N) is 1. The summed E-state index contributed by atoms with van der Waals surface area (Å²) >= 11 is 0. The lowest BCUT2D eigenvalue weighted by atomic mass is 9.95. The van der Waals surface area contributed by atoms with Crippen LogP contribution in [-0.2, 0) is 6.18 Å². The Morgan fingerprint density at radius 3 is 2.53 bits per heavy atom. The van der Waals surface area contributed by atoms with Crippen LogP contribution in [0.15, 0.2) is 67.0 Å². The second kappa shape index (κ2) is 11.1. The zero-order valence-corrected chi connectivity index (χ0v) is 23.6. The molecule has 0 aliphatic carbocycles. The van der Waals surface area contributed by atoms with Crippen LogP contribution in [0.25, 0.3) is 33.7 Å².